The maximum atomic E-state index is 5.55. The molecule has 1 saturated heterocycles. The number of likely N-dealkylation sites (N-methyl/N-ethyl adjacent to an activating group) is 1. The second-order valence-electron chi connectivity index (χ2n) is 5.54. The van der Waals surface area contributed by atoms with E-state index in [9.17, 15) is 0 Å². The lowest BCUT2D eigenvalue weighted by Gasteiger charge is -2.39. The summed E-state index contributed by atoms with van der Waals surface area (Å²) >= 11 is 0. The second kappa shape index (κ2) is 3.48. The van der Waals surface area contributed by atoms with Crippen molar-refractivity contribution in [1.82, 2.24) is 4.90 Å². The molecule has 1 aromatic carbocycles. The highest BCUT2D eigenvalue weighted by atomic mass is 16.3. The first-order valence-corrected chi connectivity index (χ1v) is 6.68. The normalized spacial score (nSPS) is 31.3. The molecule has 2 unspecified atom stereocenters. The van der Waals surface area contributed by atoms with Gasteiger partial charge in [-0.05, 0) is 44.0 Å². The van der Waals surface area contributed by atoms with E-state index in [4.69, 9.17) is 4.42 Å². The minimum atomic E-state index is 0.101. The van der Waals surface area contributed by atoms with Crippen LogP contribution < -0.4 is 0 Å². The molecule has 2 nitrogen and oxygen atoms in total. The number of hydrogen-bond acceptors (Lipinski definition) is 2. The van der Waals surface area contributed by atoms with E-state index in [1.165, 1.54) is 30.2 Å². The van der Waals surface area contributed by atoms with Crippen LogP contribution in [0.1, 0.15) is 24.8 Å². The molecule has 92 valence electrons. The van der Waals surface area contributed by atoms with Gasteiger partial charge in [0.05, 0.1) is 11.8 Å². The Morgan fingerprint density at radius 2 is 2.28 bits per heavy atom. The summed E-state index contributed by atoms with van der Waals surface area (Å²) in [6.07, 6.45) is 10.2. The Balaban J connectivity index is 1.90. The van der Waals surface area contributed by atoms with Crippen molar-refractivity contribution in [2.45, 2.75) is 30.8 Å². The van der Waals surface area contributed by atoms with Crippen LogP contribution in [-0.4, -0.2) is 18.0 Å². The highest BCUT2D eigenvalue weighted by Crippen LogP contribution is 2.46. The number of furan rings is 1. The Morgan fingerprint density at radius 3 is 3.22 bits per heavy atom. The van der Waals surface area contributed by atoms with E-state index in [2.05, 4.69) is 42.3 Å². The predicted molar refractivity (Wildman–Crippen MR) is 72.4 cm³/mol. The van der Waals surface area contributed by atoms with Crippen molar-refractivity contribution < 1.29 is 4.42 Å². The first kappa shape index (κ1) is 10.4. The van der Waals surface area contributed by atoms with Gasteiger partial charge in [0.1, 0.15) is 5.58 Å². The van der Waals surface area contributed by atoms with E-state index < -0.39 is 0 Å². The van der Waals surface area contributed by atoms with Crippen molar-refractivity contribution >= 4 is 11.0 Å². The Hall–Kier alpha value is -1.54. The van der Waals surface area contributed by atoms with Gasteiger partial charge in [-0.1, -0.05) is 24.3 Å². The highest BCUT2D eigenvalue weighted by molar-refractivity contribution is 5.78. The average Bonchev–Trinajstić information content (AvgIpc) is 2.89. The summed E-state index contributed by atoms with van der Waals surface area (Å²) in [5.74, 6) is 0. The molecular formula is C16H17NO. The molecule has 2 bridgehead atoms. The van der Waals surface area contributed by atoms with E-state index >= 15 is 0 Å². The van der Waals surface area contributed by atoms with E-state index in [0.717, 1.165) is 5.58 Å². The summed E-state index contributed by atoms with van der Waals surface area (Å²) in [5, 5.41) is 1.19. The number of nitrogens with zero attached hydrogens (tertiary/aromatic N) is 1. The average molecular weight is 239 g/mol. The minimum absolute atomic E-state index is 0.101. The first-order valence-electron chi connectivity index (χ1n) is 6.68. The molecule has 2 heteroatoms. The summed E-state index contributed by atoms with van der Waals surface area (Å²) in [5.41, 5.74) is 2.47. The van der Waals surface area contributed by atoms with Gasteiger partial charge < -0.3 is 4.42 Å². The quantitative estimate of drug-likeness (QED) is 0.706. The number of fused-ring (bicyclic) bond motifs is 3. The van der Waals surface area contributed by atoms with Crippen molar-refractivity contribution in [3.63, 3.8) is 0 Å². The molecule has 2 aliphatic rings. The summed E-state index contributed by atoms with van der Waals surface area (Å²) in [4.78, 5) is 2.54. The molecule has 0 N–H and O–H groups in total. The van der Waals surface area contributed by atoms with Crippen LogP contribution in [0.25, 0.3) is 11.0 Å². The molecule has 1 aromatic heterocycles. The lowest BCUT2D eigenvalue weighted by Crippen LogP contribution is -2.42. The highest BCUT2D eigenvalue weighted by Gasteiger charge is 2.45. The lowest BCUT2D eigenvalue weighted by molar-refractivity contribution is 0.168. The molecule has 1 fully saturated rings. The Bertz CT molecular complexity index is 627. The number of benzene rings is 1. The van der Waals surface area contributed by atoms with Gasteiger partial charge in [0, 0.05) is 11.4 Å². The number of hydrogen-bond donors (Lipinski definition) is 0. The van der Waals surface area contributed by atoms with Gasteiger partial charge >= 0.3 is 0 Å². The standard InChI is InChI=1S/C16H17NO/c1-17-14-3-2-8-16(17,9-6-14)13-5-4-12-7-10-18-15(12)11-13/h2,4-5,7-8,10-11,14H,3,6,9H2,1H3. The SMILES string of the molecule is CN1C2CC=CC1(c1ccc3ccoc3c1)CC2. The first-order chi connectivity index (χ1) is 8.79. The van der Waals surface area contributed by atoms with E-state index in [-0.39, 0.29) is 5.54 Å². The molecule has 2 aromatic rings. The number of rotatable bonds is 1. The fraction of sp³-hybridized carbons (Fsp3) is 0.375. The van der Waals surface area contributed by atoms with E-state index in [1.807, 2.05) is 6.07 Å². The zero-order valence-electron chi connectivity index (χ0n) is 10.6. The fourth-order valence-corrected chi connectivity index (χ4v) is 3.65. The molecule has 18 heavy (non-hydrogen) atoms. The largest absolute Gasteiger partial charge is 0.464 e. The van der Waals surface area contributed by atoms with Crippen molar-refractivity contribution in [2.24, 2.45) is 0 Å². The second-order valence-corrected chi connectivity index (χ2v) is 5.54. The molecule has 2 aliphatic heterocycles. The zero-order valence-corrected chi connectivity index (χ0v) is 10.6. The van der Waals surface area contributed by atoms with Crippen molar-refractivity contribution in [2.75, 3.05) is 7.05 Å². The Kier molecular flexibility index (Phi) is 2.01. The van der Waals surface area contributed by atoms with Gasteiger partial charge in [0.25, 0.3) is 0 Å². The summed E-state index contributed by atoms with van der Waals surface area (Å²) in [6, 6.07) is 9.37. The minimum Gasteiger partial charge on any atom is -0.464 e. The van der Waals surface area contributed by atoms with Crippen LogP contribution in [0.3, 0.4) is 0 Å². The van der Waals surface area contributed by atoms with Gasteiger partial charge in [-0.3, -0.25) is 4.90 Å². The molecular weight excluding hydrogens is 222 g/mol. The zero-order chi connectivity index (χ0) is 12.2. The van der Waals surface area contributed by atoms with Crippen LogP contribution in [0, 0.1) is 0 Å². The van der Waals surface area contributed by atoms with Crippen LogP contribution >= 0.6 is 0 Å². The van der Waals surface area contributed by atoms with Crippen LogP contribution in [-0.2, 0) is 5.54 Å². The van der Waals surface area contributed by atoms with Crippen LogP contribution in [0.5, 0.6) is 0 Å². The Labute approximate surface area is 107 Å². The Morgan fingerprint density at radius 1 is 1.33 bits per heavy atom. The molecule has 2 atom stereocenters. The van der Waals surface area contributed by atoms with E-state index in [0.29, 0.717) is 6.04 Å². The third-order valence-corrected chi connectivity index (χ3v) is 4.79. The van der Waals surface area contributed by atoms with Crippen LogP contribution in [0.2, 0.25) is 0 Å². The van der Waals surface area contributed by atoms with Gasteiger partial charge in [-0.15, -0.1) is 0 Å². The van der Waals surface area contributed by atoms with Crippen molar-refractivity contribution in [3.8, 4) is 0 Å². The molecule has 0 amide bonds. The molecule has 0 saturated carbocycles. The molecule has 3 heterocycles. The van der Waals surface area contributed by atoms with Gasteiger partial charge in [-0.2, -0.15) is 0 Å². The predicted octanol–water partition coefficient (Wildman–Crippen LogP) is 3.68. The van der Waals surface area contributed by atoms with Gasteiger partial charge in [-0.25, -0.2) is 0 Å². The maximum absolute atomic E-state index is 5.55. The fourth-order valence-electron chi connectivity index (χ4n) is 3.65. The third-order valence-electron chi connectivity index (χ3n) is 4.79. The summed E-state index contributed by atoms with van der Waals surface area (Å²) in [6.45, 7) is 0. The molecule has 4 rings (SSSR count). The summed E-state index contributed by atoms with van der Waals surface area (Å²) < 4.78 is 5.55. The van der Waals surface area contributed by atoms with Gasteiger partial charge in [0.15, 0.2) is 0 Å². The van der Waals surface area contributed by atoms with Crippen molar-refractivity contribution in [1.29, 1.82) is 0 Å². The smallest absolute Gasteiger partial charge is 0.134 e. The topological polar surface area (TPSA) is 16.4 Å². The summed E-state index contributed by atoms with van der Waals surface area (Å²) in [7, 11) is 2.26. The molecule has 0 radical (unpaired) electrons. The maximum Gasteiger partial charge on any atom is 0.134 e. The van der Waals surface area contributed by atoms with Crippen molar-refractivity contribution in [3.05, 3.63) is 48.2 Å². The van der Waals surface area contributed by atoms with Gasteiger partial charge in [0.2, 0.25) is 0 Å². The molecule has 0 spiro atoms. The lowest BCUT2D eigenvalue weighted by atomic mass is 9.86. The monoisotopic (exact) mass is 239 g/mol. The van der Waals surface area contributed by atoms with Crippen LogP contribution in [0.4, 0.5) is 0 Å². The molecule has 0 aliphatic carbocycles. The van der Waals surface area contributed by atoms with E-state index in [1.54, 1.807) is 6.26 Å². The van der Waals surface area contributed by atoms with Crippen LogP contribution in [0.15, 0.2) is 47.1 Å². The third kappa shape index (κ3) is 1.21.